The van der Waals surface area contributed by atoms with E-state index in [2.05, 4.69) is 10.2 Å². The number of ether oxygens (including phenoxy) is 1. The van der Waals surface area contributed by atoms with Crippen molar-refractivity contribution in [2.75, 3.05) is 27.3 Å². The van der Waals surface area contributed by atoms with E-state index < -0.39 is 0 Å². The summed E-state index contributed by atoms with van der Waals surface area (Å²) in [4.78, 5) is 2.30. The lowest BCUT2D eigenvalue weighted by Gasteiger charge is -2.34. The van der Waals surface area contributed by atoms with Crippen LogP contribution in [0.4, 0.5) is 0 Å². The first-order valence-corrected chi connectivity index (χ1v) is 6.79. The molecule has 0 aromatic carbocycles. The third-order valence-corrected chi connectivity index (χ3v) is 4.37. The molecule has 0 radical (unpaired) electrons. The van der Waals surface area contributed by atoms with E-state index in [1.165, 1.54) is 25.7 Å². The van der Waals surface area contributed by atoms with Crippen LogP contribution in [-0.2, 0) is 4.74 Å². The summed E-state index contributed by atoms with van der Waals surface area (Å²) in [7, 11) is 3.71. The first kappa shape index (κ1) is 12.8. The second-order valence-corrected chi connectivity index (χ2v) is 5.25. The normalized spacial score (nSPS) is 33.6. The van der Waals surface area contributed by atoms with E-state index in [1.54, 1.807) is 7.11 Å². The third-order valence-electron chi connectivity index (χ3n) is 4.37. The van der Waals surface area contributed by atoms with Crippen molar-refractivity contribution in [2.45, 2.75) is 44.2 Å². The molecule has 17 heavy (non-hydrogen) atoms. The van der Waals surface area contributed by atoms with Gasteiger partial charge in [0, 0.05) is 19.7 Å². The largest absolute Gasteiger partial charge is 0.383 e. The van der Waals surface area contributed by atoms with E-state index in [0.717, 1.165) is 31.3 Å². The first-order valence-electron chi connectivity index (χ1n) is 6.79. The van der Waals surface area contributed by atoms with Gasteiger partial charge in [0.15, 0.2) is 0 Å². The minimum Gasteiger partial charge on any atom is -0.383 e. The second kappa shape index (κ2) is 5.83. The number of hydrogen-bond donors (Lipinski definition) is 2. The number of amidine groups is 1. The van der Waals surface area contributed by atoms with Crippen LogP contribution >= 0.6 is 0 Å². The van der Waals surface area contributed by atoms with Gasteiger partial charge < -0.3 is 15.0 Å². The number of rotatable bonds is 4. The summed E-state index contributed by atoms with van der Waals surface area (Å²) in [6, 6.07) is 0.827. The molecule has 1 aliphatic carbocycles. The summed E-state index contributed by atoms with van der Waals surface area (Å²) >= 11 is 0. The molecule has 0 bridgehead atoms. The van der Waals surface area contributed by atoms with Crippen molar-refractivity contribution >= 4 is 5.84 Å². The monoisotopic (exact) mass is 239 g/mol. The van der Waals surface area contributed by atoms with Crippen LogP contribution in [-0.4, -0.2) is 50.1 Å². The molecule has 1 saturated carbocycles. The Morgan fingerprint density at radius 2 is 2.18 bits per heavy atom. The molecule has 2 aliphatic rings. The zero-order valence-electron chi connectivity index (χ0n) is 11.0. The van der Waals surface area contributed by atoms with Crippen molar-refractivity contribution in [3.05, 3.63) is 0 Å². The summed E-state index contributed by atoms with van der Waals surface area (Å²) in [5.41, 5.74) is 0. The molecule has 98 valence electrons. The van der Waals surface area contributed by atoms with E-state index in [9.17, 15) is 0 Å². The molecule has 2 fully saturated rings. The predicted molar refractivity (Wildman–Crippen MR) is 69.5 cm³/mol. The number of likely N-dealkylation sites (N-methyl/N-ethyl adjacent to an activating group) is 1. The topological polar surface area (TPSA) is 48.4 Å². The van der Waals surface area contributed by atoms with Crippen LogP contribution in [0.5, 0.6) is 0 Å². The van der Waals surface area contributed by atoms with Crippen LogP contribution in [0.15, 0.2) is 0 Å². The maximum atomic E-state index is 8.38. The summed E-state index contributed by atoms with van der Waals surface area (Å²) in [6.07, 6.45) is 6.31. The number of methoxy groups -OCH3 is 1. The van der Waals surface area contributed by atoms with E-state index in [0.29, 0.717) is 6.04 Å². The van der Waals surface area contributed by atoms with Crippen LogP contribution in [0.3, 0.4) is 0 Å². The fourth-order valence-electron chi connectivity index (χ4n) is 3.42. The standard InChI is InChI=1S/C13H25N3O/c1-15-11-7-6-10-4-3-5-12(10)16(13(11)14)8-9-17-2/h10-12,14-15H,3-9H2,1-2H3. The zero-order valence-corrected chi connectivity index (χ0v) is 11.0. The van der Waals surface area contributed by atoms with Crippen molar-refractivity contribution < 1.29 is 4.74 Å². The predicted octanol–water partition coefficient (Wildman–Crippen LogP) is 1.46. The highest BCUT2D eigenvalue weighted by molar-refractivity contribution is 5.85. The Morgan fingerprint density at radius 3 is 2.88 bits per heavy atom. The maximum Gasteiger partial charge on any atom is 0.114 e. The molecule has 3 unspecified atom stereocenters. The lowest BCUT2D eigenvalue weighted by atomic mass is 9.97. The maximum absolute atomic E-state index is 8.38. The Labute approximate surface area is 104 Å². The summed E-state index contributed by atoms with van der Waals surface area (Å²) in [6.45, 7) is 1.59. The number of nitrogens with zero attached hydrogens (tertiary/aromatic N) is 1. The molecule has 1 aliphatic heterocycles. The van der Waals surface area contributed by atoms with Crippen LogP contribution in [0.1, 0.15) is 32.1 Å². The first-order chi connectivity index (χ1) is 8.27. The van der Waals surface area contributed by atoms with Gasteiger partial charge in [-0.2, -0.15) is 0 Å². The fourth-order valence-corrected chi connectivity index (χ4v) is 3.42. The second-order valence-electron chi connectivity index (χ2n) is 5.25. The number of likely N-dealkylation sites (tertiary alicyclic amines) is 1. The quantitative estimate of drug-likeness (QED) is 0.781. The lowest BCUT2D eigenvalue weighted by Crippen LogP contribution is -2.48. The Bertz CT molecular complexity index is 269. The van der Waals surface area contributed by atoms with Crippen molar-refractivity contribution in [3.63, 3.8) is 0 Å². The highest BCUT2D eigenvalue weighted by Crippen LogP contribution is 2.36. The van der Waals surface area contributed by atoms with Gasteiger partial charge in [0.25, 0.3) is 0 Å². The van der Waals surface area contributed by atoms with Crippen LogP contribution in [0.2, 0.25) is 0 Å². The highest BCUT2D eigenvalue weighted by Gasteiger charge is 2.37. The Morgan fingerprint density at radius 1 is 1.35 bits per heavy atom. The van der Waals surface area contributed by atoms with Crippen LogP contribution in [0.25, 0.3) is 0 Å². The minimum absolute atomic E-state index is 0.234. The summed E-state index contributed by atoms with van der Waals surface area (Å²) < 4.78 is 5.19. The minimum atomic E-state index is 0.234. The van der Waals surface area contributed by atoms with E-state index in [1.807, 2.05) is 7.05 Å². The van der Waals surface area contributed by atoms with E-state index in [4.69, 9.17) is 10.1 Å². The van der Waals surface area contributed by atoms with Gasteiger partial charge in [-0.3, -0.25) is 5.41 Å². The highest BCUT2D eigenvalue weighted by atomic mass is 16.5. The van der Waals surface area contributed by atoms with Crippen LogP contribution < -0.4 is 5.32 Å². The van der Waals surface area contributed by atoms with Crippen LogP contribution in [0, 0.1) is 11.3 Å². The van der Waals surface area contributed by atoms with Crippen molar-refractivity contribution in [1.82, 2.24) is 10.2 Å². The van der Waals surface area contributed by atoms with Gasteiger partial charge in [-0.1, -0.05) is 6.42 Å². The average Bonchev–Trinajstić information content (AvgIpc) is 2.74. The molecule has 4 nitrogen and oxygen atoms in total. The molecule has 0 aromatic heterocycles. The molecular formula is C13H25N3O. The molecule has 4 heteroatoms. The molecule has 0 amide bonds. The van der Waals surface area contributed by atoms with Gasteiger partial charge in [-0.15, -0.1) is 0 Å². The van der Waals surface area contributed by atoms with E-state index >= 15 is 0 Å². The van der Waals surface area contributed by atoms with Gasteiger partial charge in [0.2, 0.25) is 0 Å². The summed E-state index contributed by atoms with van der Waals surface area (Å²) in [5.74, 6) is 1.57. The molecule has 2 rings (SSSR count). The molecule has 0 aromatic rings. The van der Waals surface area contributed by atoms with Gasteiger partial charge in [0.1, 0.15) is 5.84 Å². The van der Waals surface area contributed by atoms with Gasteiger partial charge in [-0.25, -0.2) is 0 Å². The lowest BCUT2D eigenvalue weighted by molar-refractivity contribution is 0.150. The third kappa shape index (κ3) is 2.63. The average molecular weight is 239 g/mol. The number of nitrogens with one attached hydrogen (secondary N) is 2. The summed E-state index contributed by atoms with van der Waals surface area (Å²) in [5, 5.41) is 11.7. The Kier molecular flexibility index (Phi) is 4.40. The van der Waals surface area contributed by atoms with Gasteiger partial charge in [0.05, 0.1) is 12.6 Å². The van der Waals surface area contributed by atoms with Crippen molar-refractivity contribution in [2.24, 2.45) is 5.92 Å². The number of fused-ring (bicyclic) bond motifs is 1. The molecule has 0 spiro atoms. The van der Waals surface area contributed by atoms with Gasteiger partial charge in [-0.05, 0) is 38.6 Å². The number of hydrogen-bond acceptors (Lipinski definition) is 3. The molecule has 3 atom stereocenters. The fraction of sp³-hybridized carbons (Fsp3) is 0.923. The molecular weight excluding hydrogens is 214 g/mol. The SMILES string of the molecule is CNC1CCC2CCCC2N(CCOC)C1=N. The Balaban J connectivity index is 2.11. The Hall–Kier alpha value is -0.610. The molecule has 2 N–H and O–H groups in total. The van der Waals surface area contributed by atoms with Crippen molar-refractivity contribution in [1.29, 1.82) is 5.41 Å². The zero-order chi connectivity index (χ0) is 12.3. The van der Waals surface area contributed by atoms with Crippen molar-refractivity contribution in [3.8, 4) is 0 Å². The molecule has 1 heterocycles. The van der Waals surface area contributed by atoms with E-state index in [-0.39, 0.29) is 6.04 Å². The molecule has 1 saturated heterocycles. The smallest absolute Gasteiger partial charge is 0.114 e. The van der Waals surface area contributed by atoms with Gasteiger partial charge >= 0.3 is 0 Å².